The van der Waals surface area contributed by atoms with Crippen LogP contribution in [0.2, 0.25) is 0 Å². The van der Waals surface area contributed by atoms with E-state index in [1.54, 1.807) is 11.5 Å². The Morgan fingerprint density at radius 1 is 1.35 bits per heavy atom. The molecule has 6 heteroatoms. The molecule has 0 saturated carbocycles. The van der Waals surface area contributed by atoms with Crippen LogP contribution >= 0.6 is 22.6 Å². The summed E-state index contributed by atoms with van der Waals surface area (Å²) < 4.78 is 21.1. The maximum absolute atomic E-state index is 14.0. The van der Waals surface area contributed by atoms with E-state index in [0.717, 1.165) is 0 Å². The van der Waals surface area contributed by atoms with Crippen molar-refractivity contribution in [1.29, 1.82) is 0 Å². The van der Waals surface area contributed by atoms with Gasteiger partial charge in [-0.3, -0.25) is 4.79 Å². The van der Waals surface area contributed by atoms with E-state index in [1.165, 1.54) is 18.3 Å². The molecular weight excluding hydrogens is 412 g/mol. The first-order chi connectivity index (χ1) is 10.8. The second-order valence-electron chi connectivity index (χ2n) is 5.77. The molecule has 1 aromatic carbocycles. The fourth-order valence-electron chi connectivity index (χ4n) is 2.36. The molecule has 23 heavy (non-hydrogen) atoms. The maximum Gasteiger partial charge on any atom is 0.343 e. The Kier molecular flexibility index (Phi) is 5.44. The van der Waals surface area contributed by atoms with Gasteiger partial charge in [-0.1, -0.05) is 13.8 Å². The Balaban J connectivity index is 2.86. The van der Waals surface area contributed by atoms with Gasteiger partial charge in [-0.25, -0.2) is 9.18 Å². The van der Waals surface area contributed by atoms with Gasteiger partial charge in [0.25, 0.3) is 0 Å². The minimum Gasteiger partial charge on any atom is -0.462 e. The predicted octanol–water partition coefficient (Wildman–Crippen LogP) is 4.14. The summed E-state index contributed by atoms with van der Waals surface area (Å²) in [5, 5.41) is 0.328. The van der Waals surface area contributed by atoms with Crippen molar-refractivity contribution in [3.05, 3.63) is 43.5 Å². The molecule has 1 aromatic heterocycles. The van der Waals surface area contributed by atoms with Crippen molar-refractivity contribution in [2.45, 2.75) is 33.7 Å². The van der Waals surface area contributed by atoms with Crippen molar-refractivity contribution in [2.75, 3.05) is 6.61 Å². The lowest BCUT2D eigenvalue weighted by Crippen LogP contribution is -2.23. The van der Waals surface area contributed by atoms with Crippen LogP contribution in [0.5, 0.6) is 0 Å². The predicted molar refractivity (Wildman–Crippen MR) is 96.4 cm³/mol. The number of ether oxygens (including phenoxy) is 1. The van der Waals surface area contributed by atoms with E-state index < -0.39 is 11.4 Å². The Morgan fingerprint density at radius 3 is 2.57 bits per heavy atom. The van der Waals surface area contributed by atoms with E-state index in [9.17, 15) is 14.0 Å². The lowest BCUT2D eigenvalue weighted by Gasteiger charge is -2.23. The largest absolute Gasteiger partial charge is 0.462 e. The SMILES string of the molecule is CCOC(=O)c1cn([C@@H](C)C(C)C)c2cc(F)c(I)cc2c1=O. The zero-order valence-electron chi connectivity index (χ0n) is 13.5. The van der Waals surface area contributed by atoms with Crippen molar-refractivity contribution in [1.82, 2.24) is 4.57 Å². The molecule has 2 rings (SSSR count). The summed E-state index contributed by atoms with van der Waals surface area (Å²) in [5.41, 5.74) is 0.0417. The van der Waals surface area contributed by atoms with Crippen LogP contribution in [-0.4, -0.2) is 17.1 Å². The highest BCUT2D eigenvalue weighted by Gasteiger charge is 2.21. The number of hydrogen-bond acceptors (Lipinski definition) is 3. The number of carbonyl (C=O) groups excluding carboxylic acids is 1. The molecule has 2 aromatic rings. The van der Waals surface area contributed by atoms with Crippen molar-refractivity contribution >= 4 is 39.5 Å². The summed E-state index contributed by atoms with van der Waals surface area (Å²) in [6.45, 7) is 7.91. The van der Waals surface area contributed by atoms with Crippen molar-refractivity contribution in [2.24, 2.45) is 5.92 Å². The fourth-order valence-corrected chi connectivity index (χ4v) is 2.82. The first-order valence-electron chi connectivity index (χ1n) is 7.48. The quantitative estimate of drug-likeness (QED) is 0.540. The molecule has 0 aliphatic rings. The van der Waals surface area contributed by atoms with Gasteiger partial charge in [0.05, 0.1) is 12.1 Å². The first kappa shape index (κ1) is 17.9. The summed E-state index contributed by atoms with van der Waals surface area (Å²) in [6, 6.07) is 2.83. The zero-order chi connectivity index (χ0) is 17.3. The van der Waals surface area contributed by atoms with E-state index in [4.69, 9.17) is 4.74 Å². The third-order valence-corrected chi connectivity index (χ3v) is 4.80. The lowest BCUT2D eigenvalue weighted by molar-refractivity contribution is 0.0524. The average Bonchev–Trinajstić information content (AvgIpc) is 2.49. The van der Waals surface area contributed by atoms with Gasteiger partial charge in [0.2, 0.25) is 5.43 Å². The number of esters is 1. The summed E-state index contributed by atoms with van der Waals surface area (Å²) in [7, 11) is 0. The molecule has 0 fully saturated rings. The number of hydrogen-bond donors (Lipinski definition) is 0. The van der Waals surface area contributed by atoms with Crippen molar-refractivity contribution in [3.8, 4) is 0 Å². The molecule has 0 radical (unpaired) electrons. The molecule has 0 bridgehead atoms. The number of aromatic nitrogens is 1. The van der Waals surface area contributed by atoms with Gasteiger partial charge >= 0.3 is 5.97 Å². The topological polar surface area (TPSA) is 48.3 Å². The molecule has 0 aliphatic carbocycles. The van der Waals surface area contributed by atoms with Crippen LogP contribution < -0.4 is 5.43 Å². The Hall–Kier alpha value is -1.44. The van der Waals surface area contributed by atoms with E-state index in [0.29, 0.717) is 14.5 Å². The first-order valence-corrected chi connectivity index (χ1v) is 8.56. The molecule has 0 aliphatic heterocycles. The van der Waals surface area contributed by atoms with E-state index in [1.807, 2.05) is 43.4 Å². The number of carbonyl (C=O) groups is 1. The summed E-state index contributed by atoms with van der Waals surface area (Å²) >= 11 is 1.84. The molecule has 1 atom stereocenters. The molecule has 0 amide bonds. The third kappa shape index (κ3) is 3.41. The van der Waals surface area contributed by atoms with Crippen LogP contribution in [-0.2, 0) is 4.74 Å². The minimum absolute atomic E-state index is 0.00858. The number of fused-ring (bicyclic) bond motifs is 1. The number of benzene rings is 1. The van der Waals surface area contributed by atoms with Crippen LogP contribution in [0.15, 0.2) is 23.1 Å². The lowest BCUT2D eigenvalue weighted by atomic mass is 10.0. The zero-order valence-corrected chi connectivity index (χ0v) is 15.7. The molecule has 0 unspecified atom stereocenters. The van der Waals surface area contributed by atoms with Crippen molar-refractivity contribution in [3.63, 3.8) is 0 Å². The fraction of sp³-hybridized carbons (Fsp3) is 0.412. The molecule has 0 saturated heterocycles. The summed E-state index contributed by atoms with van der Waals surface area (Å²) in [5.74, 6) is -0.785. The van der Waals surface area contributed by atoms with Crippen LogP contribution in [0, 0.1) is 15.3 Å². The number of rotatable bonds is 4. The molecule has 4 nitrogen and oxygen atoms in total. The van der Waals surface area contributed by atoms with E-state index in [-0.39, 0.29) is 29.9 Å². The van der Waals surface area contributed by atoms with Gasteiger partial charge < -0.3 is 9.30 Å². The van der Waals surface area contributed by atoms with E-state index in [2.05, 4.69) is 0 Å². The van der Waals surface area contributed by atoms with Crippen LogP contribution in [0.4, 0.5) is 4.39 Å². The van der Waals surface area contributed by atoms with Crippen LogP contribution in [0.25, 0.3) is 10.9 Å². The maximum atomic E-state index is 14.0. The Labute approximate surface area is 147 Å². The van der Waals surface area contributed by atoms with Crippen LogP contribution in [0.3, 0.4) is 0 Å². The van der Waals surface area contributed by atoms with E-state index >= 15 is 0 Å². The summed E-state index contributed by atoms with van der Waals surface area (Å²) in [4.78, 5) is 24.7. The monoisotopic (exact) mass is 431 g/mol. The summed E-state index contributed by atoms with van der Waals surface area (Å²) in [6.07, 6.45) is 1.49. The van der Waals surface area contributed by atoms with Gasteiger partial charge in [-0.05, 0) is 54.5 Å². The Morgan fingerprint density at radius 2 is 2.00 bits per heavy atom. The second kappa shape index (κ2) is 6.98. The van der Waals surface area contributed by atoms with Gasteiger partial charge in [0.15, 0.2) is 0 Å². The molecule has 0 N–H and O–H groups in total. The highest BCUT2D eigenvalue weighted by atomic mass is 127. The minimum atomic E-state index is -0.650. The Bertz CT molecular complexity index is 814. The van der Waals surface area contributed by atoms with Gasteiger partial charge in [-0.2, -0.15) is 0 Å². The average molecular weight is 431 g/mol. The normalized spacial score (nSPS) is 12.7. The second-order valence-corrected chi connectivity index (χ2v) is 6.93. The van der Waals surface area contributed by atoms with Gasteiger partial charge in [0.1, 0.15) is 11.4 Å². The molecule has 124 valence electrons. The van der Waals surface area contributed by atoms with Crippen molar-refractivity contribution < 1.29 is 13.9 Å². The number of halogens is 2. The number of nitrogens with zero attached hydrogens (tertiary/aromatic N) is 1. The molecular formula is C17H19FINO3. The molecule has 0 spiro atoms. The van der Waals surface area contributed by atoms with Gasteiger partial charge in [-0.15, -0.1) is 0 Å². The van der Waals surface area contributed by atoms with Gasteiger partial charge in [0, 0.05) is 21.2 Å². The number of pyridine rings is 1. The standard InChI is InChI=1S/C17H19FINO3/c1-5-23-17(22)12-8-20(10(4)9(2)3)15-7-13(18)14(19)6-11(15)16(12)21/h6-10H,5H2,1-4H3/t10-/m0/s1. The highest BCUT2D eigenvalue weighted by molar-refractivity contribution is 14.1. The van der Waals surface area contributed by atoms with Crippen LogP contribution in [0.1, 0.15) is 44.1 Å². The smallest absolute Gasteiger partial charge is 0.343 e. The molecule has 1 heterocycles. The highest BCUT2D eigenvalue weighted by Crippen LogP contribution is 2.25. The third-order valence-electron chi connectivity index (χ3n) is 3.97.